The molecular weight excluding hydrogens is 416 g/mol. The van der Waals surface area contributed by atoms with E-state index in [0.29, 0.717) is 30.7 Å². The fourth-order valence-corrected chi connectivity index (χ4v) is 3.25. The van der Waals surface area contributed by atoms with Crippen LogP contribution in [0.1, 0.15) is 36.6 Å². The minimum absolute atomic E-state index is 0.315. The molecule has 0 saturated carbocycles. The highest BCUT2D eigenvalue weighted by atomic mass is 35.5. The molecule has 1 atom stereocenters. The van der Waals surface area contributed by atoms with Crippen molar-refractivity contribution in [2.75, 3.05) is 40.5 Å². The van der Waals surface area contributed by atoms with Crippen LogP contribution in [0.5, 0.6) is 5.75 Å². The Morgan fingerprint density at radius 2 is 1.90 bits per heavy atom. The molecule has 0 radical (unpaired) electrons. The number of carbonyl (C=O) groups excluding carboxylic acids is 1. The topological polar surface area (TPSA) is 68.8 Å². The Bertz CT molecular complexity index is 829. The fourth-order valence-electron chi connectivity index (χ4n) is 3.05. The summed E-state index contributed by atoms with van der Waals surface area (Å²) in [6.07, 6.45) is 0.0320. The lowest BCUT2D eigenvalue weighted by molar-refractivity contribution is 0.0803. The van der Waals surface area contributed by atoms with E-state index in [0.717, 1.165) is 35.4 Å². The lowest BCUT2D eigenvalue weighted by Crippen LogP contribution is -2.27. The standard InChI is InChI=1S/C24H33ClN2O4/c1-17(2)16-31-22-13-18(8-9-26-3)12-20(15-22)23(19-6-5-7-21(25)14-19)30-11-10-27-24(28)29-4/h5-7,12-15,17,23,26H,8-11,16H2,1-4H3,(H,27,28). The SMILES string of the molecule is CNCCc1cc(OCC(C)C)cc(C(OCCNC(=O)OC)c2cccc(Cl)c2)c1. The van der Waals surface area contributed by atoms with Crippen LogP contribution in [0.2, 0.25) is 5.02 Å². The molecule has 0 aromatic heterocycles. The van der Waals surface area contributed by atoms with Crippen LogP contribution in [-0.4, -0.2) is 46.6 Å². The number of benzene rings is 2. The molecule has 2 aromatic carbocycles. The lowest BCUT2D eigenvalue weighted by Gasteiger charge is -2.21. The molecule has 31 heavy (non-hydrogen) atoms. The van der Waals surface area contributed by atoms with E-state index in [9.17, 15) is 4.79 Å². The molecule has 0 bridgehead atoms. The van der Waals surface area contributed by atoms with Gasteiger partial charge < -0.3 is 24.8 Å². The number of likely N-dealkylation sites (N-methyl/N-ethyl adjacent to an activating group) is 1. The Morgan fingerprint density at radius 3 is 2.58 bits per heavy atom. The van der Waals surface area contributed by atoms with E-state index >= 15 is 0 Å². The maximum Gasteiger partial charge on any atom is 0.406 e. The molecule has 0 aliphatic rings. The van der Waals surface area contributed by atoms with E-state index in [1.54, 1.807) is 0 Å². The van der Waals surface area contributed by atoms with Crippen molar-refractivity contribution in [3.05, 3.63) is 64.2 Å². The van der Waals surface area contributed by atoms with Crippen LogP contribution < -0.4 is 15.4 Å². The van der Waals surface area contributed by atoms with Crippen LogP contribution >= 0.6 is 11.6 Å². The highest BCUT2D eigenvalue weighted by Crippen LogP contribution is 2.31. The maximum atomic E-state index is 11.3. The van der Waals surface area contributed by atoms with Gasteiger partial charge in [0.1, 0.15) is 11.9 Å². The van der Waals surface area contributed by atoms with E-state index < -0.39 is 6.09 Å². The Balaban J connectivity index is 2.32. The Kier molecular flexibility index (Phi) is 10.6. The highest BCUT2D eigenvalue weighted by Gasteiger charge is 2.18. The molecule has 0 aliphatic heterocycles. The monoisotopic (exact) mass is 448 g/mol. The number of amides is 1. The zero-order chi connectivity index (χ0) is 22.6. The third kappa shape index (κ3) is 8.77. The van der Waals surface area contributed by atoms with E-state index in [1.165, 1.54) is 7.11 Å². The summed E-state index contributed by atoms with van der Waals surface area (Å²) in [7, 11) is 3.27. The van der Waals surface area contributed by atoms with Gasteiger partial charge in [-0.2, -0.15) is 0 Å². The Morgan fingerprint density at radius 1 is 1.10 bits per heavy atom. The number of halogens is 1. The van der Waals surface area contributed by atoms with Crippen LogP contribution in [0, 0.1) is 5.92 Å². The van der Waals surface area contributed by atoms with Gasteiger partial charge in [0.2, 0.25) is 0 Å². The number of hydrogen-bond donors (Lipinski definition) is 2. The highest BCUT2D eigenvalue weighted by molar-refractivity contribution is 6.30. The molecule has 6 nitrogen and oxygen atoms in total. The van der Waals surface area contributed by atoms with Crippen LogP contribution in [0.4, 0.5) is 4.79 Å². The second-order valence-corrected chi connectivity index (χ2v) is 8.13. The van der Waals surface area contributed by atoms with Gasteiger partial charge in [-0.1, -0.05) is 43.6 Å². The van der Waals surface area contributed by atoms with Gasteiger partial charge in [-0.15, -0.1) is 0 Å². The first kappa shape index (κ1) is 25.0. The molecule has 0 fully saturated rings. The molecule has 0 aliphatic carbocycles. The zero-order valence-electron chi connectivity index (χ0n) is 18.7. The second-order valence-electron chi connectivity index (χ2n) is 7.69. The Hall–Kier alpha value is -2.28. The third-order valence-corrected chi connectivity index (χ3v) is 4.77. The van der Waals surface area contributed by atoms with Crippen molar-refractivity contribution in [2.24, 2.45) is 5.92 Å². The number of ether oxygens (including phenoxy) is 3. The van der Waals surface area contributed by atoms with Crippen molar-refractivity contribution in [1.82, 2.24) is 10.6 Å². The van der Waals surface area contributed by atoms with Crippen LogP contribution in [0.3, 0.4) is 0 Å². The van der Waals surface area contributed by atoms with E-state index in [4.69, 9.17) is 21.1 Å². The normalized spacial score (nSPS) is 11.9. The van der Waals surface area contributed by atoms with Crippen molar-refractivity contribution in [3.8, 4) is 5.75 Å². The van der Waals surface area contributed by atoms with Gasteiger partial charge in [0.25, 0.3) is 0 Å². The summed E-state index contributed by atoms with van der Waals surface area (Å²) in [5, 5.41) is 6.47. The van der Waals surface area contributed by atoms with Crippen molar-refractivity contribution in [1.29, 1.82) is 0 Å². The van der Waals surface area contributed by atoms with Gasteiger partial charge in [-0.25, -0.2) is 4.79 Å². The van der Waals surface area contributed by atoms with Crippen LogP contribution in [-0.2, 0) is 15.9 Å². The summed E-state index contributed by atoms with van der Waals surface area (Å²) in [5.41, 5.74) is 3.08. The molecule has 2 N–H and O–H groups in total. The minimum Gasteiger partial charge on any atom is -0.493 e. The van der Waals surface area contributed by atoms with Gasteiger partial charge in [0.05, 0.1) is 20.3 Å². The van der Waals surface area contributed by atoms with Gasteiger partial charge in [0.15, 0.2) is 0 Å². The molecule has 170 valence electrons. The number of hydrogen-bond acceptors (Lipinski definition) is 5. The summed E-state index contributed by atoms with van der Waals surface area (Å²) < 4.78 is 16.9. The number of carbonyl (C=O) groups is 1. The van der Waals surface area contributed by atoms with Crippen LogP contribution in [0.15, 0.2) is 42.5 Å². The van der Waals surface area contributed by atoms with Crippen LogP contribution in [0.25, 0.3) is 0 Å². The molecule has 0 heterocycles. The average molecular weight is 449 g/mol. The predicted octanol–water partition coefficient (Wildman–Crippen LogP) is 4.60. The van der Waals surface area contributed by atoms with E-state index in [1.807, 2.05) is 37.4 Å². The quantitative estimate of drug-likeness (QED) is 0.464. The predicted molar refractivity (Wildman–Crippen MR) is 124 cm³/mol. The zero-order valence-corrected chi connectivity index (χ0v) is 19.5. The van der Waals surface area contributed by atoms with Crippen molar-refractivity contribution >= 4 is 17.7 Å². The number of rotatable bonds is 12. The third-order valence-electron chi connectivity index (χ3n) is 4.53. The summed E-state index contributed by atoms with van der Waals surface area (Å²) in [4.78, 5) is 11.3. The number of methoxy groups -OCH3 is 1. The molecule has 7 heteroatoms. The summed E-state index contributed by atoms with van der Waals surface area (Å²) in [6, 6.07) is 13.9. The molecule has 1 unspecified atom stereocenters. The van der Waals surface area contributed by atoms with Gasteiger partial charge >= 0.3 is 6.09 Å². The van der Waals surface area contributed by atoms with Gasteiger partial charge in [-0.3, -0.25) is 0 Å². The van der Waals surface area contributed by atoms with Crippen molar-refractivity contribution < 1.29 is 19.0 Å². The fraction of sp³-hybridized carbons (Fsp3) is 0.458. The largest absolute Gasteiger partial charge is 0.493 e. The lowest BCUT2D eigenvalue weighted by atomic mass is 9.98. The van der Waals surface area contributed by atoms with Gasteiger partial charge in [-0.05, 0) is 66.9 Å². The first-order chi connectivity index (χ1) is 14.9. The molecule has 0 saturated heterocycles. The second kappa shape index (κ2) is 13.2. The summed E-state index contributed by atoms with van der Waals surface area (Å²) in [6.45, 7) is 6.39. The number of alkyl carbamates (subject to hydrolysis) is 1. The van der Waals surface area contributed by atoms with E-state index in [2.05, 4.69) is 41.4 Å². The number of nitrogens with one attached hydrogen (secondary N) is 2. The van der Waals surface area contributed by atoms with Gasteiger partial charge in [0, 0.05) is 11.6 Å². The van der Waals surface area contributed by atoms with E-state index in [-0.39, 0.29) is 6.10 Å². The Labute approximate surface area is 190 Å². The molecule has 0 spiro atoms. The molecule has 2 rings (SSSR count). The first-order valence-corrected chi connectivity index (χ1v) is 10.9. The smallest absolute Gasteiger partial charge is 0.406 e. The van der Waals surface area contributed by atoms with Crippen molar-refractivity contribution in [2.45, 2.75) is 26.4 Å². The summed E-state index contributed by atoms with van der Waals surface area (Å²) >= 11 is 6.25. The minimum atomic E-state index is -0.485. The molecular formula is C24H33ClN2O4. The molecule has 1 amide bonds. The average Bonchev–Trinajstić information content (AvgIpc) is 2.75. The van der Waals surface area contributed by atoms with Crippen molar-refractivity contribution in [3.63, 3.8) is 0 Å². The molecule has 2 aromatic rings. The first-order valence-electron chi connectivity index (χ1n) is 10.5. The maximum absolute atomic E-state index is 11.3. The summed E-state index contributed by atoms with van der Waals surface area (Å²) in [5.74, 6) is 1.24.